The molecule has 0 radical (unpaired) electrons. The van der Waals surface area contributed by atoms with Gasteiger partial charge < -0.3 is 64.2 Å². The molecule has 0 saturated carbocycles. The van der Waals surface area contributed by atoms with E-state index >= 15 is 0 Å². The number of allylic oxidation sites excluding steroid dienone is 14. The van der Waals surface area contributed by atoms with E-state index in [0.29, 0.717) is 13.0 Å². The van der Waals surface area contributed by atoms with Gasteiger partial charge in [0.1, 0.15) is 54.9 Å². The van der Waals surface area contributed by atoms with E-state index < -0.39 is 86.7 Å². The molecule has 2 aliphatic rings. The van der Waals surface area contributed by atoms with Crippen LogP contribution in [0.2, 0.25) is 0 Å². The average Bonchev–Trinajstić information content (AvgIpc) is 3.41. The molecule has 14 heteroatoms. The molecule has 75 heavy (non-hydrogen) atoms. The van der Waals surface area contributed by atoms with Crippen LogP contribution in [0.25, 0.3) is 0 Å². The smallest absolute Gasteiger partial charge is 0.306 e. The molecule has 0 bridgehead atoms. The van der Waals surface area contributed by atoms with E-state index in [-0.39, 0.29) is 19.6 Å². The molecule has 0 aromatic heterocycles. The van der Waals surface area contributed by atoms with Crippen LogP contribution in [-0.2, 0) is 33.2 Å². The largest absolute Gasteiger partial charge is 0.457 e. The van der Waals surface area contributed by atoms with Crippen LogP contribution in [0.5, 0.6) is 0 Å². The first kappa shape index (κ1) is 68.3. The third kappa shape index (κ3) is 33.9. The van der Waals surface area contributed by atoms with Crippen molar-refractivity contribution < 1.29 is 69.0 Å². The number of rotatable bonds is 46. The number of unbranched alkanes of at least 4 members (excludes halogenated alkanes) is 18. The SMILES string of the molecule is CC/C=C\C/C=C\C/C=C\C/C=C\CCCCCCCCCCCOCC(COC1OC(COC2OC(CO)C(O)C(O)C2O)C(O)C(O)C1O)OC(=O)CCCCCCCC/C=C\C/C=C\C/C=C\CCCCC. The molecule has 2 rings (SSSR count). The molecule has 0 amide bonds. The Kier molecular flexibility index (Phi) is 43.0. The van der Waals surface area contributed by atoms with Crippen LogP contribution in [0.1, 0.15) is 194 Å². The van der Waals surface area contributed by atoms with Gasteiger partial charge in [-0.3, -0.25) is 4.79 Å². The number of aliphatic hydroxyl groups excluding tert-OH is 7. The lowest BCUT2D eigenvalue weighted by Crippen LogP contribution is -2.61. The monoisotopic (exact) mass is 1060 g/mol. The molecule has 0 aromatic rings. The van der Waals surface area contributed by atoms with Crippen molar-refractivity contribution in [2.75, 3.05) is 33.0 Å². The second kappa shape index (κ2) is 47.2. The summed E-state index contributed by atoms with van der Waals surface area (Å²) in [5, 5.41) is 72.4. The van der Waals surface area contributed by atoms with Crippen molar-refractivity contribution in [3.05, 3.63) is 85.1 Å². The molecular formula is C61H104O14. The van der Waals surface area contributed by atoms with Crippen molar-refractivity contribution in [3.8, 4) is 0 Å². The highest BCUT2D eigenvalue weighted by Gasteiger charge is 2.47. The van der Waals surface area contributed by atoms with Crippen LogP contribution in [0.15, 0.2) is 85.1 Å². The maximum atomic E-state index is 13.1. The van der Waals surface area contributed by atoms with Gasteiger partial charge in [0.15, 0.2) is 12.6 Å². The van der Waals surface area contributed by atoms with Crippen molar-refractivity contribution in [2.45, 2.75) is 261 Å². The van der Waals surface area contributed by atoms with Crippen molar-refractivity contribution in [1.82, 2.24) is 0 Å². The molecule has 14 nitrogen and oxygen atoms in total. The Balaban J connectivity index is 1.73. The Morgan fingerprint density at radius 2 is 0.867 bits per heavy atom. The summed E-state index contributed by atoms with van der Waals surface area (Å²) in [7, 11) is 0. The van der Waals surface area contributed by atoms with Crippen molar-refractivity contribution >= 4 is 5.97 Å². The first-order chi connectivity index (χ1) is 36.6. The summed E-state index contributed by atoms with van der Waals surface area (Å²) in [4.78, 5) is 13.1. The highest BCUT2D eigenvalue weighted by molar-refractivity contribution is 5.69. The van der Waals surface area contributed by atoms with Crippen LogP contribution in [0.3, 0.4) is 0 Å². The predicted octanol–water partition coefficient (Wildman–Crippen LogP) is 10.4. The van der Waals surface area contributed by atoms with Gasteiger partial charge in [-0.05, 0) is 89.9 Å². The molecule has 432 valence electrons. The number of aliphatic hydroxyl groups is 7. The number of hydrogen-bond donors (Lipinski definition) is 7. The average molecular weight is 1060 g/mol. The van der Waals surface area contributed by atoms with Crippen LogP contribution in [0.4, 0.5) is 0 Å². The lowest BCUT2D eigenvalue weighted by atomic mass is 9.98. The number of carbonyl (C=O) groups excluding carboxylic acids is 1. The first-order valence-corrected chi connectivity index (χ1v) is 29.2. The fourth-order valence-corrected chi connectivity index (χ4v) is 8.69. The van der Waals surface area contributed by atoms with Gasteiger partial charge in [-0.2, -0.15) is 0 Å². The Bertz CT molecular complexity index is 1560. The summed E-state index contributed by atoms with van der Waals surface area (Å²) in [5.74, 6) is -0.393. The minimum atomic E-state index is -1.72. The van der Waals surface area contributed by atoms with E-state index in [1.807, 2.05) is 0 Å². The third-order valence-corrected chi connectivity index (χ3v) is 13.4. The maximum absolute atomic E-state index is 13.1. The highest BCUT2D eigenvalue weighted by atomic mass is 16.7. The Hall–Kier alpha value is -2.83. The van der Waals surface area contributed by atoms with Crippen LogP contribution < -0.4 is 0 Å². The van der Waals surface area contributed by atoms with E-state index in [2.05, 4.69) is 98.9 Å². The van der Waals surface area contributed by atoms with Gasteiger partial charge >= 0.3 is 5.97 Å². The van der Waals surface area contributed by atoms with Crippen LogP contribution in [0, 0.1) is 0 Å². The minimum Gasteiger partial charge on any atom is -0.457 e. The molecule has 2 saturated heterocycles. The molecule has 2 fully saturated rings. The van der Waals surface area contributed by atoms with E-state index in [0.717, 1.165) is 103 Å². The topological polar surface area (TPSA) is 214 Å². The lowest BCUT2D eigenvalue weighted by Gasteiger charge is -2.42. The molecule has 7 N–H and O–H groups in total. The quantitative estimate of drug-likeness (QED) is 0.0172. The zero-order valence-corrected chi connectivity index (χ0v) is 46.3. The molecular weight excluding hydrogens is 957 g/mol. The summed E-state index contributed by atoms with van der Waals surface area (Å²) in [6.07, 6.45) is 44.9. The summed E-state index contributed by atoms with van der Waals surface area (Å²) in [6, 6.07) is 0. The summed E-state index contributed by atoms with van der Waals surface area (Å²) >= 11 is 0. The van der Waals surface area contributed by atoms with Gasteiger partial charge in [0.05, 0.1) is 26.4 Å². The number of hydrogen-bond acceptors (Lipinski definition) is 14. The van der Waals surface area contributed by atoms with Crippen LogP contribution in [-0.4, -0.2) is 142 Å². The molecule has 2 heterocycles. The molecule has 2 aliphatic heterocycles. The van der Waals surface area contributed by atoms with Crippen LogP contribution >= 0.6 is 0 Å². The van der Waals surface area contributed by atoms with Gasteiger partial charge in [-0.25, -0.2) is 0 Å². The molecule has 11 atom stereocenters. The second-order valence-electron chi connectivity index (χ2n) is 20.1. The van der Waals surface area contributed by atoms with Gasteiger partial charge in [-0.1, -0.05) is 182 Å². The van der Waals surface area contributed by atoms with E-state index in [9.17, 15) is 40.5 Å². The summed E-state index contributed by atoms with van der Waals surface area (Å²) in [6.45, 7) is 3.51. The molecule has 0 spiro atoms. The Morgan fingerprint density at radius 3 is 1.36 bits per heavy atom. The standard InChI is InChI=1S/C61H104O14/c1-3-5-7-9-11-13-15-17-19-21-23-24-25-27-29-31-33-35-37-39-41-43-45-70-47-50(73-53(63)44-42-40-38-36-34-32-30-28-26-22-20-18-16-14-12-10-8-6-4-2)48-71-60-59(69)57(67)55(65)52(75-60)49-72-61-58(68)56(66)54(64)51(46-62)74-61/h5,7,11-14,17-20,23-24,26,28,50-52,54-62,64-69H,3-4,6,8-10,15-16,21-22,25,27,29-49H2,1-2H3/b7-5-,13-11-,14-12-,19-17-,20-18-,24-23-,28-26-. The van der Waals surface area contributed by atoms with Crippen molar-refractivity contribution in [2.24, 2.45) is 0 Å². The van der Waals surface area contributed by atoms with Crippen molar-refractivity contribution in [3.63, 3.8) is 0 Å². The fourth-order valence-electron chi connectivity index (χ4n) is 8.69. The van der Waals surface area contributed by atoms with Gasteiger partial charge in [0, 0.05) is 13.0 Å². The molecule has 0 aromatic carbocycles. The van der Waals surface area contributed by atoms with E-state index in [1.165, 1.54) is 64.2 Å². The normalized spacial score (nSPS) is 25.2. The summed E-state index contributed by atoms with van der Waals surface area (Å²) in [5.41, 5.74) is 0. The molecule has 11 unspecified atom stereocenters. The number of carbonyl (C=O) groups is 1. The maximum Gasteiger partial charge on any atom is 0.306 e. The predicted molar refractivity (Wildman–Crippen MR) is 298 cm³/mol. The zero-order chi connectivity index (χ0) is 54.4. The first-order valence-electron chi connectivity index (χ1n) is 29.2. The number of ether oxygens (including phenoxy) is 6. The van der Waals surface area contributed by atoms with Gasteiger partial charge in [-0.15, -0.1) is 0 Å². The van der Waals surface area contributed by atoms with Gasteiger partial charge in [0.25, 0.3) is 0 Å². The van der Waals surface area contributed by atoms with Crippen molar-refractivity contribution in [1.29, 1.82) is 0 Å². The summed E-state index contributed by atoms with van der Waals surface area (Å²) < 4.78 is 34.4. The lowest BCUT2D eigenvalue weighted by molar-refractivity contribution is -0.332. The zero-order valence-electron chi connectivity index (χ0n) is 46.3. The molecule has 0 aliphatic carbocycles. The fraction of sp³-hybridized carbons (Fsp3) is 0.754. The van der Waals surface area contributed by atoms with E-state index in [1.54, 1.807) is 0 Å². The second-order valence-corrected chi connectivity index (χ2v) is 20.1. The van der Waals surface area contributed by atoms with E-state index in [4.69, 9.17) is 28.4 Å². The highest BCUT2D eigenvalue weighted by Crippen LogP contribution is 2.26. The third-order valence-electron chi connectivity index (χ3n) is 13.4. The minimum absolute atomic E-state index is 0.0472. The Morgan fingerprint density at radius 1 is 0.453 bits per heavy atom. The number of esters is 1. The Labute approximate surface area is 452 Å². The van der Waals surface area contributed by atoms with Gasteiger partial charge in [0.2, 0.25) is 0 Å².